The van der Waals surface area contributed by atoms with Crippen LogP contribution < -0.4 is 0 Å². The third-order valence-corrected chi connectivity index (χ3v) is 5.79. The highest BCUT2D eigenvalue weighted by atomic mass is 15.0. The maximum atomic E-state index is 4.94. The van der Waals surface area contributed by atoms with Gasteiger partial charge in [-0.1, -0.05) is 42.5 Å². The molecule has 0 fully saturated rings. The Hall–Kier alpha value is -3.92. The zero-order valence-corrected chi connectivity index (χ0v) is 14.8. The number of hydrogen-bond acceptors (Lipinski definition) is 2. The van der Waals surface area contributed by atoms with Crippen LogP contribution in [-0.2, 0) is 0 Å². The minimum Gasteiger partial charge on any atom is -0.354 e. The first-order valence-corrected chi connectivity index (χ1v) is 9.36. The minimum absolute atomic E-state index is 0.914. The fraction of sp³-hybridized carbons (Fsp3) is 0. The third kappa shape index (κ3) is 1.61. The van der Waals surface area contributed by atoms with Crippen molar-refractivity contribution in [1.82, 2.24) is 19.4 Å². The molecule has 4 heteroatoms. The van der Waals surface area contributed by atoms with Crippen LogP contribution in [0.5, 0.6) is 0 Å². The number of hydrogen-bond donors (Lipinski definition) is 1. The van der Waals surface area contributed by atoms with E-state index in [4.69, 9.17) is 4.98 Å². The molecule has 7 aromatic rings. The van der Waals surface area contributed by atoms with Crippen LogP contribution in [-0.4, -0.2) is 19.4 Å². The Kier molecular flexibility index (Phi) is 2.46. The first-order valence-electron chi connectivity index (χ1n) is 9.36. The Balaban J connectivity index is 1.87. The van der Waals surface area contributed by atoms with Crippen molar-refractivity contribution < 1.29 is 0 Å². The average Bonchev–Trinajstić information content (AvgIpc) is 3.32. The summed E-state index contributed by atoms with van der Waals surface area (Å²) in [7, 11) is 0. The predicted octanol–water partition coefficient (Wildman–Crippen LogP) is 5.82. The lowest BCUT2D eigenvalue weighted by molar-refractivity contribution is 1.31. The number of fused-ring (bicyclic) bond motifs is 12. The summed E-state index contributed by atoms with van der Waals surface area (Å²) in [6, 6.07) is 23.5. The van der Waals surface area contributed by atoms with Crippen molar-refractivity contribution in [2.75, 3.05) is 0 Å². The molecule has 0 radical (unpaired) electrons. The fourth-order valence-electron chi connectivity index (χ4n) is 4.62. The van der Waals surface area contributed by atoms with Gasteiger partial charge in [-0.25, -0.2) is 4.98 Å². The van der Waals surface area contributed by atoms with E-state index in [1.807, 2.05) is 18.5 Å². The maximum absolute atomic E-state index is 4.94. The highest BCUT2D eigenvalue weighted by molar-refractivity contribution is 6.26. The van der Waals surface area contributed by atoms with E-state index < -0.39 is 0 Å². The third-order valence-electron chi connectivity index (χ3n) is 5.79. The molecule has 28 heavy (non-hydrogen) atoms. The van der Waals surface area contributed by atoms with Gasteiger partial charge in [-0.2, -0.15) is 0 Å². The molecule has 0 saturated carbocycles. The van der Waals surface area contributed by atoms with Crippen LogP contribution in [0.25, 0.3) is 60.2 Å². The second-order valence-electron chi connectivity index (χ2n) is 7.23. The summed E-state index contributed by atoms with van der Waals surface area (Å²) in [5.74, 6) is 0. The average molecular weight is 358 g/mol. The molecule has 7 rings (SSSR count). The smallest absolute Gasteiger partial charge is 0.146 e. The van der Waals surface area contributed by atoms with E-state index in [2.05, 4.69) is 75.0 Å². The molecule has 0 saturated heterocycles. The molecular weight excluding hydrogens is 344 g/mol. The fourth-order valence-corrected chi connectivity index (χ4v) is 4.62. The van der Waals surface area contributed by atoms with Gasteiger partial charge in [0.25, 0.3) is 0 Å². The molecule has 4 nitrogen and oxygen atoms in total. The number of aromatic amines is 1. The zero-order valence-electron chi connectivity index (χ0n) is 14.8. The van der Waals surface area contributed by atoms with Crippen molar-refractivity contribution in [3.05, 3.63) is 79.1 Å². The monoisotopic (exact) mass is 358 g/mol. The van der Waals surface area contributed by atoms with E-state index >= 15 is 0 Å². The number of nitrogens with one attached hydrogen (secondary N) is 1. The molecule has 0 unspecified atom stereocenters. The van der Waals surface area contributed by atoms with E-state index in [1.54, 1.807) is 0 Å². The van der Waals surface area contributed by atoms with Gasteiger partial charge in [-0.15, -0.1) is 0 Å². The predicted molar refractivity (Wildman–Crippen MR) is 115 cm³/mol. The summed E-state index contributed by atoms with van der Waals surface area (Å²) in [5, 5.41) is 6.09. The summed E-state index contributed by atoms with van der Waals surface area (Å²) in [6.07, 6.45) is 3.67. The van der Waals surface area contributed by atoms with E-state index in [0.717, 1.165) is 33.1 Å². The Morgan fingerprint density at radius 2 is 1.54 bits per heavy atom. The summed E-state index contributed by atoms with van der Waals surface area (Å²) in [5.41, 5.74) is 6.45. The molecule has 0 aliphatic heterocycles. The molecule has 0 aliphatic carbocycles. The van der Waals surface area contributed by atoms with Crippen LogP contribution in [0.15, 0.2) is 79.1 Å². The second kappa shape index (κ2) is 4.87. The Bertz CT molecular complexity index is 1720. The van der Waals surface area contributed by atoms with E-state index in [1.165, 1.54) is 27.1 Å². The molecule has 130 valence electrons. The van der Waals surface area contributed by atoms with Crippen molar-refractivity contribution >= 4 is 60.2 Å². The zero-order chi connectivity index (χ0) is 18.2. The van der Waals surface area contributed by atoms with Gasteiger partial charge in [0.05, 0.1) is 22.7 Å². The SMILES string of the molecule is c1ccc2c(c1)[nH]c1c2ccc2c1c1ccccc1n1c3ccncc3nc21. The first kappa shape index (κ1) is 14.2. The second-order valence-corrected chi connectivity index (χ2v) is 7.23. The molecule has 0 atom stereocenters. The van der Waals surface area contributed by atoms with Crippen LogP contribution in [0, 0.1) is 0 Å². The number of para-hydroxylation sites is 2. The van der Waals surface area contributed by atoms with Gasteiger partial charge >= 0.3 is 0 Å². The Labute approximate surface area is 159 Å². The standard InChI is InChI=1S/C24H14N4/c1-3-7-18-14(5-1)15-9-10-17-22(23(15)26-18)16-6-2-4-8-20(16)28-21-11-12-25-13-19(21)27-24(17)28/h1-13,26H. The van der Waals surface area contributed by atoms with Crippen molar-refractivity contribution in [3.63, 3.8) is 0 Å². The van der Waals surface area contributed by atoms with Gasteiger partial charge in [0.1, 0.15) is 11.2 Å². The number of H-pyrrole nitrogens is 1. The van der Waals surface area contributed by atoms with Crippen molar-refractivity contribution in [3.8, 4) is 0 Å². The maximum Gasteiger partial charge on any atom is 0.146 e. The molecule has 4 heterocycles. The number of pyridine rings is 2. The summed E-state index contributed by atoms with van der Waals surface area (Å²) in [6.45, 7) is 0. The van der Waals surface area contributed by atoms with Gasteiger partial charge in [-0.05, 0) is 24.3 Å². The molecule has 1 N–H and O–H groups in total. The van der Waals surface area contributed by atoms with Crippen molar-refractivity contribution in [2.45, 2.75) is 0 Å². The topological polar surface area (TPSA) is 46.0 Å². The number of benzene rings is 3. The number of nitrogens with zero attached hydrogens (tertiary/aromatic N) is 3. The lowest BCUT2D eigenvalue weighted by Crippen LogP contribution is -1.92. The molecule has 0 spiro atoms. The Morgan fingerprint density at radius 3 is 2.50 bits per heavy atom. The highest BCUT2D eigenvalue weighted by Crippen LogP contribution is 2.38. The number of aromatic nitrogens is 4. The largest absolute Gasteiger partial charge is 0.354 e. The van der Waals surface area contributed by atoms with E-state index in [-0.39, 0.29) is 0 Å². The first-order chi connectivity index (χ1) is 13.9. The van der Waals surface area contributed by atoms with Gasteiger partial charge in [0.15, 0.2) is 0 Å². The number of imidazole rings is 1. The van der Waals surface area contributed by atoms with Gasteiger partial charge < -0.3 is 4.98 Å². The Morgan fingerprint density at radius 1 is 0.714 bits per heavy atom. The summed E-state index contributed by atoms with van der Waals surface area (Å²) >= 11 is 0. The molecule has 4 aromatic heterocycles. The van der Waals surface area contributed by atoms with Gasteiger partial charge in [0, 0.05) is 38.6 Å². The lowest BCUT2D eigenvalue weighted by atomic mass is 10.0. The van der Waals surface area contributed by atoms with E-state index in [0.29, 0.717) is 0 Å². The summed E-state index contributed by atoms with van der Waals surface area (Å²) in [4.78, 5) is 12.9. The van der Waals surface area contributed by atoms with Gasteiger partial charge in [-0.3, -0.25) is 9.38 Å². The quantitative estimate of drug-likeness (QED) is 0.347. The molecule has 3 aromatic carbocycles. The minimum atomic E-state index is 0.914. The van der Waals surface area contributed by atoms with Crippen LogP contribution in [0.2, 0.25) is 0 Å². The molecule has 0 aliphatic rings. The van der Waals surface area contributed by atoms with Gasteiger partial charge in [0.2, 0.25) is 0 Å². The highest BCUT2D eigenvalue weighted by Gasteiger charge is 2.16. The van der Waals surface area contributed by atoms with Crippen molar-refractivity contribution in [2.24, 2.45) is 0 Å². The molecular formula is C24H14N4. The number of rotatable bonds is 0. The van der Waals surface area contributed by atoms with Crippen LogP contribution in [0.1, 0.15) is 0 Å². The van der Waals surface area contributed by atoms with Crippen LogP contribution >= 0.6 is 0 Å². The summed E-state index contributed by atoms with van der Waals surface area (Å²) < 4.78 is 2.25. The van der Waals surface area contributed by atoms with Crippen molar-refractivity contribution in [1.29, 1.82) is 0 Å². The molecule has 0 bridgehead atoms. The molecule has 0 amide bonds. The van der Waals surface area contributed by atoms with E-state index in [9.17, 15) is 0 Å². The lowest BCUT2D eigenvalue weighted by Gasteiger charge is -2.10. The normalized spacial score (nSPS) is 12.3. The van der Waals surface area contributed by atoms with Crippen LogP contribution in [0.4, 0.5) is 0 Å². The van der Waals surface area contributed by atoms with Crippen LogP contribution in [0.3, 0.4) is 0 Å².